The van der Waals surface area contributed by atoms with Crippen molar-refractivity contribution in [3.8, 4) is 23.0 Å². The van der Waals surface area contributed by atoms with Gasteiger partial charge in [0.05, 0.1) is 13.0 Å². The first-order chi connectivity index (χ1) is 14.1. The maximum absolute atomic E-state index is 13.1. The lowest BCUT2D eigenvalue weighted by Gasteiger charge is -2.33. The average Bonchev–Trinajstić information content (AvgIpc) is 3.19. The van der Waals surface area contributed by atoms with Crippen LogP contribution in [0.15, 0.2) is 60.7 Å². The number of hydrogen-bond donors (Lipinski definition) is 0. The van der Waals surface area contributed by atoms with E-state index < -0.39 is 5.92 Å². The van der Waals surface area contributed by atoms with Gasteiger partial charge in [-0.1, -0.05) is 24.3 Å². The van der Waals surface area contributed by atoms with E-state index in [1.807, 2.05) is 54.6 Å². The van der Waals surface area contributed by atoms with Gasteiger partial charge in [-0.15, -0.1) is 0 Å². The molecule has 0 radical (unpaired) electrons. The van der Waals surface area contributed by atoms with Gasteiger partial charge in [-0.2, -0.15) is 0 Å². The molecule has 0 N–H and O–H groups in total. The summed E-state index contributed by atoms with van der Waals surface area (Å²) in [6.45, 7) is 0.167. The van der Waals surface area contributed by atoms with Crippen molar-refractivity contribution < 1.29 is 23.7 Å². The van der Waals surface area contributed by atoms with Crippen LogP contribution >= 0.6 is 22.6 Å². The van der Waals surface area contributed by atoms with Crippen LogP contribution in [0.1, 0.15) is 28.5 Å². The Morgan fingerprint density at radius 1 is 0.862 bits per heavy atom. The molecule has 3 aromatic rings. The number of hydrogen-bond acceptors (Lipinski definition) is 5. The van der Waals surface area contributed by atoms with Crippen molar-refractivity contribution in [2.75, 3.05) is 13.9 Å². The molecule has 3 aromatic carbocycles. The van der Waals surface area contributed by atoms with Crippen LogP contribution in [0.5, 0.6) is 23.0 Å². The second-order valence-electron chi connectivity index (χ2n) is 6.94. The van der Waals surface area contributed by atoms with Crippen LogP contribution in [-0.4, -0.2) is 19.9 Å². The lowest BCUT2D eigenvalue weighted by Crippen LogP contribution is -2.30. The Morgan fingerprint density at radius 2 is 1.48 bits per heavy atom. The molecule has 0 bridgehead atoms. The first-order valence-corrected chi connectivity index (χ1v) is 10.3. The van der Waals surface area contributed by atoms with Gasteiger partial charge in [0.1, 0.15) is 11.5 Å². The van der Waals surface area contributed by atoms with Crippen molar-refractivity contribution in [2.45, 2.75) is 11.8 Å². The summed E-state index contributed by atoms with van der Waals surface area (Å²) < 4.78 is 23.2. The molecule has 0 aromatic heterocycles. The highest BCUT2D eigenvalue weighted by Gasteiger charge is 2.41. The van der Waals surface area contributed by atoms with Crippen LogP contribution in [0, 0.1) is 3.57 Å². The monoisotopic (exact) mass is 500 g/mol. The lowest BCUT2D eigenvalue weighted by atomic mass is 9.75. The fourth-order valence-electron chi connectivity index (χ4n) is 3.94. The van der Waals surface area contributed by atoms with E-state index in [0.717, 1.165) is 26.0 Å². The molecule has 2 aliphatic heterocycles. The highest BCUT2D eigenvalue weighted by molar-refractivity contribution is 14.1. The Labute approximate surface area is 181 Å². The first-order valence-electron chi connectivity index (χ1n) is 9.18. The molecule has 0 amide bonds. The van der Waals surface area contributed by atoms with E-state index in [9.17, 15) is 4.79 Å². The molecule has 5 rings (SSSR count). The Kier molecular flexibility index (Phi) is 4.58. The molecule has 2 aliphatic rings. The quantitative estimate of drug-likeness (QED) is 0.292. The summed E-state index contributed by atoms with van der Waals surface area (Å²) in [6.07, 6.45) is 0. The normalized spacial score (nSPS) is 19.4. The van der Waals surface area contributed by atoms with Crippen molar-refractivity contribution in [1.82, 2.24) is 0 Å². The smallest absolute Gasteiger partial charge is 0.319 e. The number of carbonyl (C=O) groups excluding carboxylic acids is 1. The minimum Gasteiger partial charge on any atom is -0.497 e. The Hall–Kier alpha value is -2.74. The van der Waals surface area contributed by atoms with E-state index in [0.29, 0.717) is 17.2 Å². The zero-order chi connectivity index (χ0) is 20.0. The van der Waals surface area contributed by atoms with Gasteiger partial charge in [0.15, 0.2) is 11.5 Å². The standard InChI is InChI=1S/C23H17IO5/c1-26-16-8-4-13(5-9-16)21-17-10-19-20(28-12-27-19)11-18(17)29-23(25)22(21)14-2-6-15(24)7-3-14/h2-11,21-22H,12H2,1H3/t21-,22-/m0/s1. The third kappa shape index (κ3) is 3.21. The van der Waals surface area contributed by atoms with Crippen molar-refractivity contribution in [3.05, 3.63) is 80.9 Å². The third-order valence-electron chi connectivity index (χ3n) is 5.34. The zero-order valence-corrected chi connectivity index (χ0v) is 17.7. The van der Waals surface area contributed by atoms with Crippen molar-refractivity contribution in [1.29, 1.82) is 0 Å². The van der Waals surface area contributed by atoms with Gasteiger partial charge < -0.3 is 18.9 Å². The van der Waals surface area contributed by atoms with Gasteiger partial charge in [0.2, 0.25) is 6.79 Å². The van der Waals surface area contributed by atoms with E-state index in [4.69, 9.17) is 18.9 Å². The molecule has 29 heavy (non-hydrogen) atoms. The van der Waals surface area contributed by atoms with Crippen LogP contribution in [0.4, 0.5) is 0 Å². The summed E-state index contributed by atoms with van der Waals surface area (Å²) in [7, 11) is 1.64. The molecular weight excluding hydrogens is 483 g/mol. The first kappa shape index (κ1) is 18.3. The molecular formula is C23H17IO5. The van der Waals surface area contributed by atoms with Crippen LogP contribution in [0.25, 0.3) is 0 Å². The Morgan fingerprint density at radius 3 is 2.17 bits per heavy atom. The van der Waals surface area contributed by atoms with Gasteiger partial charge in [0, 0.05) is 21.1 Å². The van der Waals surface area contributed by atoms with E-state index in [1.165, 1.54) is 0 Å². The number of rotatable bonds is 3. The topological polar surface area (TPSA) is 54.0 Å². The highest BCUT2D eigenvalue weighted by Crippen LogP contribution is 2.50. The Bertz CT molecular complexity index is 1080. The summed E-state index contributed by atoms with van der Waals surface area (Å²) >= 11 is 2.26. The summed E-state index contributed by atoms with van der Waals surface area (Å²) in [6, 6.07) is 19.5. The zero-order valence-electron chi connectivity index (χ0n) is 15.6. The van der Waals surface area contributed by atoms with Gasteiger partial charge in [-0.25, -0.2) is 0 Å². The molecule has 0 saturated heterocycles. The highest BCUT2D eigenvalue weighted by atomic mass is 127. The number of carbonyl (C=O) groups is 1. The lowest BCUT2D eigenvalue weighted by molar-refractivity contribution is -0.137. The molecule has 6 heteroatoms. The molecule has 2 heterocycles. The largest absolute Gasteiger partial charge is 0.497 e. The molecule has 5 nitrogen and oxygen atoms in total. The Balaban J connectivity index is 1.69. The van der Waals surface area contributed by atoms with Crippen molar-refractivity contribution >= 4 is 28.6 Å². The van der Waals surface area contributed by atoms with Gasteiger partial charge in [-0.3, -0.25) is 4.79 Å². The van der Waals surface area contributed by atoms with Gasteiger partial charge in [0.25, 0.3) is 0 Å². The van der Waals surface area contributed by atoms with E-state index in [2.05, 4.69) is 22.6 Å². The third-order valence-corrected chi connectivity index (χ3v) is 6.06. The van der Waals surface area contributed by atoms with Crippen molar-refractivity contribution in [3.63, 3.8) is 0 Å². The van der Waals surface area contributed by atoms with Crippen LogP contribution in [0.3, 0.4) is 0 Å². The van der Waals surface area contributed by atoms with Crippen LogP contribution in [-0.2, 0) is 4.79 Å². The molecule has 0 spiro atoms. The second-order valence-corrected chi connectivity index (χ2v) is 8.19. The van der Waals surface area contributed by atoms with E-state index in [-0.39, 0.29) is 18.7 Å². The maximum atomic E-state index is 13.1. The van der Waals surface area contributed by atoms with Gasteiger partial charge in [-0.05, 0) is 64.0 Å². The fourth-order valence-corrected chi connectivity index (χ4v) is 4.30. The number of halogens is 1. The van der Waals surface area contributed by atoms with Crippen LogP contribution < -0.4 is 18.9 Å². The maximum Gasteiger partial charge on any atom is 0.319 e. The number of esters is 1. The molecule has 0 aliphatic carbocycles. The minimum atomic E-state index is -0.465. The van der Waals surface area contributed by atoms with E-state index >= 15 is 0 Å². The van der Waals surface area contributed by atoms with Crippen LogP contribution in [0.2, 0.25) is 0 Å². The van der Waals surface area contributed by atoms with Gasteiger partial charge >= 0.3 is 5.97 Å². The predicted octanol–water partition coefficient (Wildman–Crippen LogP) is 4.86. The minimum absolute atomic E-state index is 0.167. The molecule has 146 valence electrons. The SMILES string of the molecule is COc1ccc([C@H]2c3cc4c(cc3OC(=O)[C@H]2c2ccc(I)cc2)OCO4)cc1. The average molecular weight is 500 g/mol. The molecule has 0 saturated carbocycles. The predicted molar refractivity (Wildman–Crippen MR) is 115 cm³/mol. The number of benzene rings is 3. The summed E-state index contributed by atoms with van der Waals surface area (Å²) in [5.41, 5.74) is 2.83. The van der Waals surface area contributed by atoms with Crippen molar-refractivity contribution in [2.24, 2.45) is 0 Å². The number of fused-ring (bicyclic) bond motifs is 2. The number of ether oxygens (including phenoxy) is 4. The number of methoxy groups -OCH3 is 1. The second kappa shape index (κ2) is 7.26. The summed E-state index contributed by atoms with van der Waals surface area (Å²) in [5, 5.41) is 0. The summed E-state index contributed by atoms with van der Waals surface area (Å²) in [5.74, 6) is 1.59. The fraction of sp³-hybridized carbons (Fsp3) is 0.174. The van der Waals surface area contributed by atoms with E-state index in [1.54, 1.807) is 13.2 Å². The molecule has 0 unspecified atom stereocenters. The molecule has 0 fully saturated rings. The summed E-state index contributed by atoms with van der Waals surface area (Å²) in [4.78, 5) is 13.1. The molecule has 2 atom stereocenters.